The Kier molecular flexibility index (Phi) is 7.04. The van der Waals surface area contributed by atoms with E-state index in [-0.39, 0.29) is 24.3 Å². The molecule has 150 valence electrons. The van der Waals surface area contributed by atoms with Gasteiger partial charge in [-0.05, 0) is 47.4 Å². The van der Waals surface area contributed by atoms with E-state index in [1.54, 1.807) is 7.11 Å². The van der Waals surface area contributed by atoms with Gasteiger partial charge in [-0.2, -0.15) is 0 Å². The predicted molar refractivity (Wildman–Crippen MR) is 113 cm³/mol. The Hall–Kier alpha value is -3.02. The SMILES string of the molecule is COc1ccc(N(CCC(N)=O)CC(=O)Nc2ccc(C(C)(C)C)cc2)cc1. The zero-order valence-corrected chi connectivity index (χ0v) is 17.0. The molecule has 0 aliphatic rings. The van der Waals surface area contributed by atoms with Crippen LogP contribution in [0, 0.1) is 0 Å². The maximum Gasteiger partial charge on any atom is 0.243 e. The van der Waals surface area contributed by atoms with Gasteiger partial charge in [0.15, 0.2) is 0 Å². The molecule has 0 aromatic heterocycles. The number of anilines is 2. The Balaban J connectivity index is 2.07. The number of ether oxygens (including phenoxy) is 1. The second-order valence-corrected chi connectivity index (χ2v) is 7.71. The molecule has 0 fully saturated rings. The lowest BCUT2D eigenvalue weighted by molar-refractivity contribution is -0.118. The van der Waals surface area contributed by atoms with Crippen molar-refractivity contribution in [3.8, 4) is 5.75 Å². The van der Waals surface area contributed by atoms with E-state index in [9.17, 15) is 9.59 Å². The van der Waals surface area contributed by atoms with Gasteiger partial charge in [-0.3, -0.25) is 9.59 Å². The van der Waals surface area contributed by atoms with Gasteiger partial charge in [0.25, 0.3) is 0 Å². The van der Waals surface area contributed by atoms with Crippen molar-refractivity contribution in [1.29, 1.82) is 0 Å². The zero-order chi connectivity index (χ0) is 20.7. The number of hydrogen-bond acceptors (Lipinski definition) is 4. The van der Waals surface area contributed by atoms with E-state index in [0.717, 1.165) is 17.1 Å². The second kappa shape index (κ2) is 9.26. The van der Waals surface area contributed by atoms with Crippen LogP contribution in [0.15, 0.2) is 48.5 Å². The number of rotatable bonds is 8. The van der Waals surface area contributed by atoms with Crippen LogP contribution >= 0.6 is 0 Å². The van der Waals surface area contributed by atoms with Crippen LogP contribution in [0.2, 0.25) is 0 Å². The molecule has 0 atom stereocenters. The summed E-state index contributed by atoms with van der Waals surface area (Å²) >= 11 is 0. The molecule has 0 radical (unpaired) electrons. The third-order valence-corrected chi connectivity index (χ3v) is 4.43. The maximum atomic E-state index is 12.6. The van der Waals surface area contributed by atoms with Crippen LogP contribution in [0.5, 0.6) is 5.75 Å². The van der Waals surface area contributed by atoms with Crippen LogP contribution in [0.4, 0.5) is 11.4 Å². The van der Waals surface area contributed by atoms with Gasteiger partial charge in [0.2, 0.25) is 11.8 Å². The van der Waals surface area contributed by atoms with Gasteiger partial charge < -0.3 is 20.7 Å². The fourth-order valence-corrected chi connectivity index (χ4v) is 2.77. The van der Waals surface area contributed by atoms with Gasteiger partial charge in [-0.1, -0.05) is 32.9 Å². The summed E-state index contributed by atoms with van der Waals surface area (Å²) in [5.41, 5.74) is 8.10. The summed E-state index contributed by atoms with van der Waals surface area (Å²) in [5.74, 6) is 0.155. The molecule has 2 rings (SSSR count). The van der Waals surface area contributed by atoms with Crippen LogP contribution in [-0.4, -0.2) is 32.0 Å². The third-order valence-electron chi connectivity index (χ3n) is 4.43. The monoisotopic (exact) mass is 383 g/mol. The van der Waals surface area contributed by atoms with Crippen LogP contribution in [-0.2, 0) is 15.0 Å². The first-order valence-corrected chi connectivity index (χ1v) is 9.27. The quantitative estimate of drug-likeness (QED) is 0.732. The lowest BCUT2D eigenvalue weighted by Gasteiger charge is -2.24. The first-order chi connectivity index (χ1) is 13.2. The molecule has 0 spiro atoms. The summed E-state index contributed by atoms with van der Waals surface area (Å²) in [6.45, 7) is 6.91. The van der Waals surface area contributed by atoms with Crippen LogP contribution in [0.25, 0.3) is 0 Å². The van der Waals surface area contributed by atoms with Crippen molar-refractivity contribution in [3.63, 3.8) is 0 Å². The van der Waals surface area contributed by atoms with Crippen LogP contribution in [0.3, 0.4) is 0 Å². The van der Waals surface area contributed by atoms with Crippen LogP contribution < -0.4 is 20.7 Å². The number of primary amides is 1. The molecule has 6 nitrogen and oxygen atoms in total. The Bertz CT molecular complexity index is 793. The maximum absolute atomic E-state index is 12.6. The minimum absolute atomic E-state index is 0.0580. The summed E-state index contributed by atoms with van der Waals surface area (Å²) in [4.78, 5) is 25.6. The smallest absolute Gasteiger partial charge is 0.243 e. The lowest BCUT2D eigenvalue weighted by atomic mass is 9.87. The standard InChI is InChI=1S/C22H29N3O3/c1-22(2,3)16-5-7-17(8-6-16)24-21(27)15-25(14-13-20(23)26)18-9-11-19(28-4)12-10-18/h5-12H,13-15H2,1-4H3,(H2,23,26)(H,24,27). The zero-order valence-electron chi connectivity index (χ0n) is 17.0. The number of benzene rings is 2. The molecule has 0 heterocycles. The topological polar surface area (TPSA) is 84.7 Å². The number of nitrogens with zero attached hydrogens (tertiary/aromatic N) is 1. The van der Waals surface area contributed by atoms with E-state index in [0.29, 0.717) is 6.54 Å². The molecule has 3 N–H and O–H groups in total. The Labute approximate surface area is 166 Å². The fraction of sp³-hybridized carbons (Fsp3) is 0.364. The number of amides is 2. The number of carbonyl (C=O) groups excluding carboxylic acids is 2. The van der Waals surface area contributed by atoms with E-state index < -0.39 is 5.91 Å². The average molecular weight is 383 g/mol. The summed E-state index contributed by atoms with van der Waals surface area (Å²) in [7, 11) is 1.60. The second-order valence-electron chi connectivity index (χ2n) is 7.71. The fourth-order valence-electron chi connectivity index (χ4n) is 2.77. The van der Waals surface area contributed by atoms with Crippen molar-refractivity contribution in [2.45, 2.75) is 32.6 Å². The summed E-state index contributed by atoms with van der Waals surface area (Å²) < 4.78 is 5.17. The number of carbonyl (C=O) groups is 2. The first kappa shape index (κ1) is 21.3. The first-order valence-electron chi connectivity index (χ1n) is 9.27. The molecular formula is C22H29N3O3. The summed E-state index contributed by atoms with van der Waals surface area (Å²) in [6, 6.07) is 15.2. The predicted octanol–water partition coefficient (Wildman–Crippen LogP) is 3.31. The van der Waals surface area contributed by atoms with E-state index >= 15 is 0 Å². The highest BCUT2D eigenvalue weighted by Gasteiger charge is 2.15. The molecule has 2 aromatic rings. The minimum atomic E-state index is -0.406. The highest BCUT2D eigenvalue weighted by molar-refractivity contribution is 5.94. The molecule has 28 heavy (non-hydrogen) atoms. The number of nitrogens with one attached hydrogen (secondary N) is 1. The Morgan fingerprint density at radius 1 is 1.04 bits per heavy atom. The van der Waals surface area contributed by atoms with Crippen molar-refractivity contribution in [2.75, 3.05) is 30.4 Å². The van der Waals surface area contributed by atoms with Crippen molar-refractivity contribution >= 4 is 23.2 Å². The van der Waals surface area contributed by atoms with Crippen molar-refractivity contribution in [2.24, 2.45) is 5.73 Å². The van der Waals surface area contributed by atoms with Gasteiger partial charge >= 0.3 is 0 Å². The molecule has 2 aromatic carbocycles. The highest BCUT2D eigenvalue weighted by Crippen LogP contribution is 2.24. The van der Waals surface area contributed by atoms with Gasteiger partial charge in [0, 0.05) is 24.3 Å². The summed E-state index contributed by atoms with van der Waals surface area (Å²) in [5, 5.41) is 2.91. The Morgan fingerprint density at radius 3 is 2.14 bits per heavy atom. The number of hydrogen-bond donors (Lipinski definition) is 2. The van der Waals surface area contributed by atoms with Crippen molar-refractivity contribution in [3.05, 3.63) is 54.1 Å². The van der Waals surface area contributed by atoms with Crippen LogP contribution in [0.1, 0.15) is 32.8 Å². The highest BCUT2D eigenvalue weighted by atomic mass is 16.5. The Morgan fingerprint density at radius 2 is 1.64 bits per heavy atom. The third kappa shape index (κ3) is 6.30. The van der Waals surface area contributed by atoms with E-state index in [1.165, 1.54) is 5.56 Å². The van der Waals surface area contributed by atoms with Gasteiger partial charge in [-0.25, -0.2) is 0 Å². The van der Waals surface area contributed by atoms with E-state index in [1.807, 2.05) is 53.4 Å². The molecule has 0 aliphatic carbocycles. The van der Waals surface area contributed by atoms with Gasteiger partial charge in [0.05, 0.1) is 13.7 Å². The lowest BCUT2D eigenvalue weighted by Crippen LogP contribution is -2.35. The molecule has 0 saturated heterocycles. The summed E-state index contributed by atoms with van der Waals surface area (Å²) in [6.07, 6.45) is 0.166. The van der Waals surface area contributed by atoms with E-state index in [2.05, 4.69) is 26.1 Å². The molecule has 6 heteroatoms. The van der Waals surface area contributed by atoms with Gasteiger partial charge in [-0.15, -0.1) is 0 Å². The number of nitrogens with two attached hydrogens (primary N) is 1. The molecular weight excluding hydrogens is 354 g/mol. The molecule has 0 unspecified atom stereocenters. The largest absolute Gasteiger partial charge is 0.497 e. The normalized spacial score (nSPS) is 11.0. The molecule has 0 bridgehead atoms. The van der Waals surface area contributed by atoms with Crippen molar-refractivity contribution in [1.82, 2.24) is 0 Å². The molecule has 0 saturated carbocycles. The molecule has 0 aliphatic heterocycles. The van der Waals surface area contributed by atoms with Gasteiger partial charge in [0.1, 0.15) is 5.75 Å². The number of methoxy groups -OCH3 is 1. The average Bonchev–Trinajstić information content (AvgIpc) is 2.65. The minimum Gasteiger partial charge on any atom is -0.497 e. The van der Waals surface area contributed by atoms with E-state index in [4.69, 9.17) is 10.5 Å². The molecule has 2 amide bonds. The van der Waals surface area contributed by atoms with Crippen molar-refractivity contribution < 1.29 is 14.3 Å².